The van der Waals surface area contributed by atoms with Gasteiger partial charge in [0.05, 0.1) is 13.7 Å². The summed E-state index contributed by atoms with van der Waals surface area (Å²) in [6.07, 6.45) is 2.28. The Labute approximate surface area is 114 Å². The molecular weight excluding hydrogens is 244 g/mol. The first-order valence-corrected chi connectivity index (χ1v) is 6.57. The molecule has 0 spiro atoms. The Kier molecular flexibility index (Phi) is 5.01. The molecule has 1 aromatic rings. The minimum atomic E-state index is 0.226. The van der Waals surface area contributed by atoms with Crippen LogP contribution in [0.3, 0.4) is 0 Å². The maximum Gasteiger partial charge on any atom is 0.167 e. The molecule has 2 N–H and O–H groups in total. The number of piperidine rings is 1. The van der Waals surface area contributed by atoms with Gasteiger partial charge in [0.1, 0.15) is 6.10 Å². The van der Waals surface area contributed by atoms with Gasteiger partial charge in [0.2, 0.25) is 0 Å². The maximum atomic E-state index is 6.12. The summed E-state index contributed by atoms with van der Waals surface area (Å²) in [5.74, 6) is 6.65. The topological polar surface area (TPSA) is 57.0 Å². The zero-order chi connectivity index (χ0) is 13.7. The summed E-state index contributed by atoms with van der Waals surface area (Å²) >= 11 is 0. The SMILES string of the molecule is COc1cccc(CON)c1OC1CCN(C)CC1. The van der Waals surface area contributed by atoms with Gasteiger partial charge in [-0.15, -0.1) is 0 Å². The Morgan fingerprint density at radius 3 is 2.68 bits per heavy atom. The highest BCUT2D eigenvalue weighted by molar-refractivity contribution is 5.46. The van der Waals surface area contributed by atoms with Crippen molar-refractivity contribution in [1.29, 1.82) is 0 Å². The van der Waals surface area contributed by atoms with Crippen molar-refractivity contribution in [1.82, 2.24) is 4.90 Å². The molecule has 1 saturated heterocycles. The maximum absolute atomic E-state index is 6.12. The number of hydrogen-bond acceptors (Lipinski definition) is 5. The van der Waals surface area contributed by atoms with E-state index < -0.39 is 0 Å². The van der Waals surface area contributed by atoms with E-state index in [0.717, 1.165) is 43.0 Å². The molecule has 5 heteroatoms. The van der Waals surface area contributed by atoms with E-state index in [1.54, 1.807) is 7.11 Å². The number of nitrogens with zero attached hydrogens (tertiary/aromatic N) is 1. The number of para-hydroxylation sites is 1. The van der Waals surface area contributed by atoms with Gasteiger partial charge in [0.25, 0.3) is 0 Å². The van der Waals surface area contributed by atoms with Crippen molar-refractivity contribution in [2.75, 3.05) is 27.2 Å². The fourth-order valence-electron chi connectivity index (χ4n) is 2.33. The summed E-state index contributed by atoms with van der Waals surface area (Å²) in [4.78, 5) is 7.04. The van der Waals surface area contributed by atoms with Crippen molar-refractivity contribution < 1.29 is 14.3 Å². The van der Waals surface area contributed by atoms with E-state index in [9.17, 15) is 0 Å². The van der Waals surface area contributed by atoms with E-state index >= 15 is 0 Å². The molecule has 0 atom stereocenters. The fourth-order valence-corrected chi connectivity index (χ4v) is 2.33. The number of methoxy groups -OCH3 is 1. The third-order valence-corrected chi connectivity index (χ3v) is 3.47. The molecule has 1 heterocycles. The molecule has 0 saturated carbocycles. The molecule has 2 rings (SSSR count). The summed E-state index contributed by atoms with van der Waals surface area (Å²) in [5, 5.41) is 0. The van der Waals surface area contributed by atoms with Gasteiger partial charge in [0.15, 0.2) is 11.5 Å². The molecule has 0 bridgehead atoms. The molecular formula is C14H22N2O3. The fraction of sp³-hybridized carbons (Fsp3) is 0.571. The number of nitrogens with two attached hydrogens (primary N) is 1. The molecule has 0 aromatic heterocycles. The minimum Gasteiger partial charge on any atom is -0.493 e. The zero-order valence-electron chi connectivity index (χ0n) is 11.6. The van der Waals surface area contributed by atoms with Crippen LogP contribution >= 0.6 is 0 Å². The van der Waals surface area contributed by atoms with Crippen LogP contribution < -0.4 is 15.4 Å². The number of rotatable bonds is 5. The second-order valence-electron chi connectivity index (χ2n) is 4.88. The molecule has 0 unspecified atom stereocenters. The Morgan fingerprint density at radius 1 is 1.32 bits per heavy atom. The van der Waals surface area contributed by atoms with E-state index in [2.05, 4.69) is 11.9 Å². The van der Waals surface area contributed by atoms with Crippen molar-refractivity contribution >= 4 is 0 Å². The highest BCUT2D eigenvalue weighted by atomic mass is 16.6. The van der Waals surface area contributed by atoms with Gasteiger partial charge in [-0.05, 0) is 26.0 Å². The van der Waals surface area contributed by atoms with Crippen molar-refractivity contribution in [2.45, 2.75) is 25.6 Å². The summed E-state index contributed by atoms with van der Waals surface area (Å²) < 4.78 is 11.5. The van der Waals surface area contributed by atoms with E-state index in [4.69, 9.17) is 20.2 Å². The molecule has 0 radical (unpaired) electrons. The summed E-state index contributed by atoms with van der Waals surface area (Å²) in [6.45, 7) is 2.43. The van der Waals surface area contributed by atoms with Crippen molar-refractivity contribution in [3.63, 3.8) is 0 Å². The molecule has 0 aliphatic carbocycles. The van der Waals surface area contributed by atoms with Gasteiger partial charge in [-0.3, -0.25) is 4.84 Å². The lowest BCUT2D eigenvalue weighted by atomic mass is 10.1. The molecule has 1 aromatic carbocycles. The number of likely N-dealkylation sites (tertiary alicyclic amines) is 1. The van der Waals surface area contributed by atoms with Crippen LogP contribution in [-0.4, -0.2) is 38.3 Å². The molecule has 5 nitrogen and oxygen atoms in total. The summed E-state index contributed by atoms with van der Waals surface area (Å²) in [6, 6.07) is 5.75. The lowest BCUT2D eigenvalue weighted by molar-refractivity contribution is 0.0975. The van der Waals surface area contributed by atoms with Gasteiger partial charge in [0, 0.05) is 18.7 Å². The highest BCUT2D eigenvalue weighted by Gasteiger charge is 2.21. The number of ether oxygens (including phenoxy) is 2. The second-order valence-corrected chi connectivity index (χ2v) is 4.88. The van der Waals surface area contributed by atoms with Gasteiger partial charge in [-0.1, -0.05) is 12.1 Å². The van der Waals surface area contributed by atoms with E-state index in [1.807, 2.05) is 18.2 Å². The molecule has 1 aliphatic heterocycles. The third-order valence-electron chi connectivity index (χ3n) is 3.47. The minimum absolute atomic E-state index is 0.226. The largest absolute Gasteiger partial charge is 0.493 e. The summed E-state index contributed by atoms with van der Waals surface area (Å²) in [5.41, 5.74) is 0.917. The third kappa shape index (κ3) is 3.59. The van der Waals surface area contributed by atoms with Crippen molar-refractivity contribution in [3.8, 4) is 11.5 Å². The van der Waals surface area contributed by atoms with E-state index in [0.29, 0.717) is 6.61 Å². The second kappa shape index (κ2) is 6.75. The zero-order valence-corrected chi connectivity index (χ0v) is 11.6. The lowest BCUT2D eigenvalue weighted by Crippen LogP contribution is -2.35. The monoisotopic (exact) mass is 266 g/mol. The Hall–Kier alpha value is -1.30. The van der Waals surface area contributed by atoms with Crippen LogP contribution in [0.25, 0.3) is 0 Å². The van der Waals surface area contributed by atoms with Crippen molar-refractivity contribution in [3.05, 3.63) is 23.8 Å². The molecule has 19 heavy (non-hydrogen) atoms. The smallest absolute Gasteiger partial charge is 0.167 e. The van der Waals surface area contributed by atoms with E-state index in [1.165, 1.54) is 0 Å². The van der Waals surface area contributed by atoms with Gasteiger partial charge >= 0.3 is 0 Å². The molecule has 1 fully saturated rings. The first-order valence-electron chi connectivity index (χ1n) is 6.57. The predicted octanol–water partition coefficient (Wildman–Crippen LogP) is 1.56. The lowest BCUT2D eigenvalue weighted by Gasteiger charge is -2.30. The average molecular weight is 266 g/mol. The Bertz CT molecular complexity index is 404. The molecule has 106 valence electrons. The van der Waals surface area contributed by atoms with Crippen LogP contribution in [0.4, 0.5) is 0 Å². The molecule has 0 amide bonds. The summed E-state index contributed by atoms with van der Waals surface area (Å²) in [7, 11) is 3.77. The first kappa shape index (κ1) is 14.1. The van der Waals surface area contributed by atoms with Crippen LogP contribution in [0.15, 0.2) is 18.2 Å². The standard InChI is InChI=1S/C14H22N2O3/c1-16-8-6-12(7-9-16)19-14-11(10-18-15)4-3-5-13(14)17-2/h3-5,12H,6-10,15H2,1-2H3. The number of benzene rings is 1. The van der Waals surface area contributed by atoms with Gasteiger partial charge in [-0.25, -0.2) is 5.90 Å². The number of hydrogen-bond donors (Lipinski definition) is 1. The van der Waals surface area contributed by atoms with Crippen LogP contribution in [0.2, 0.25) is 0 Å². The van der Waals surface area contributed by atoms with Crippen LogP contribution in [0, 0.1) is 0 Å². The van der Waals surface area contributed by atoms with Gasteiger partial charge in [-0.2, -0.15) is 0 Å². The Morgan fingerprint density at radius 2 is 2.05 bits per heavy atom. The van der Waals surface area contributed by atoms with Crippen molar-refractivity contribution in [2.24, 2.45) is 5.90 Å². The Balaban J connectivity index is 2.12. The normalized spacial score (nSPS) is 17.4. The van der Waals surface area contributed by atoms with Crippen LogP contribution in [-0.2, 0) is 11.4 Å². The quantitative estimate of drug-likeness (QED) is 0.820. The first-order chi connectivity index (χ1) is 9.24. The average Bonchev–Trinajstić information content (AvgIpc) is 2.43. The van der Waals surface area contributed by atoms with Crippen LogP contribution in [0.5, 0.6) is 11.5 Å². The predicted molar refractivity (Wildman–Crippen MR) is 73.1 cm³/mol. The molecule has 1 aliphatic rings. The van der Waals surface area contributed by atoms with Gasteiger partial charge < -0.3 is 14.4 Å². The van der Waals surface area contributed by atoms with E-state index in [-0.39, 0.29) is 6.10 Å². The van der Waals surface area contributed by atoms with Crippen LogP contribution in [0.1, 0.15) is 18.4 Å². The highest BCUT2D eigenvalue weighted by Crippen LogP contribution is 2.33.